The number of hydrogen-bond donors (Lipinski definition) is 1. The Morgan fingerprint density at radius 3 is 2.78 bits per heavy atom. The van der Waals surface area contributed by atoms with Gasteiger partial charge in [-0.15, -0.1) is 0 Å². The van der Waals surface area contributed by atoms with Crippen LogP contribution in [0.15, 0.2) is 12.4 Å². The highest BCUT2D eigenvalue weighted by Crippen LogP contribution is 2.36. The summed E-state index contributed by atoms with van der Waals surface area (Å²) in [5.74, 6) is 1.88. The third-order valence-electron chi connectivity index (χ3n) is 3.63. The lowest BCUT2D eigenvalue weighted by Crippen LogP contribution is -2.44. The van der Waals surface area contributed by atoms with Crippen molar-refractivity contribution in [3.05, 3.63) is 18.2 Å². The molecule has 1 aliphatic carbocycles. The van der Waals surface area contributed by atoms with Gasteiger partial charge in [0.1, 0.15) is 5.82 Å². The number of aromatic nitrogens is 2. The van der Waals surface area contributed by atoms with Gasteiger partial charge in [-0.3, -0.25) is 0 Å². The Bertz CT molecular complexity index is 360. The van der Waals surface area contributed by atoms with Crippen LogP contribution in [0, 0.1) is 5.92 Å². The van der Waals surface area contributed by atoms with E-state index < -0.39 is 0 Å². The van der Waals surface area contributed by atoms with Gasteiger partial charge in [-0.05, 0) is 32.2 Å². The summed E-state index contributed by atoms with van der Waals surface area (Å²) in [6.07, 6.45) is 7.78. The predicted octanol–water partition coefficient (Wildman–Crippen LogP) is 1.76. The van der Waals surface area contributed by atoms with E-state index in [2.05, 4.69) is 35.8 Å². The number of imidazole rings is 1. The standard InChI is InChI=1S/C14H25N3O/c1-4-15-12(10-13-16-8-9-17(13)3)14(18-5-2)11-6-7-11/h8-9,11-12,14-15H,4-7,10H2,1-3H3. The zero-order chi connectivity index (χ0) is 13.0. The van der Waals surface area contributed by atoms with Crippen molar-refractivity contribution in [2.24, 2.45) is 13.0 Å². The molecule has 102 valence electrons. The highest BCUT2D eigenvalue weighted by Gasteiger charge is 2.37. The average molecular weight is 251 g/mol. The number of nitrogens with zero attached hydrogens (tertiary/aromatic N) is 2. The monoisotopic (exact) mass is 251 g/mol. The minimum Gasteiger partial charge on any atom is -0.377 e. The van der Waals surface area contributed by atoms with Crippen molar-refractivity contribution in [2.75, 3.05) is 13.2 Å². The zero-order valence-corrected chi connectivity index (χ0v) is 11.7. The maximum Gasteiger partial charge on any atom is 0.110 e. The molecule has 1 heterocycles. The van der Waals surface area contributed by atoms with Crippen molar-refractivity contribution in [1.29, 1.82) is 0 Å². The van der Waals surface area contributed by atoms with Gasteiger partial charge in [-0.25, -0.2) is 4.98 Å². The Kier molecular flexibility index (Phi) is 4.78. The molecule has 2 unspecified atom stereocenters. The first-order valence-electron chi connectivity index (χ1n) is 7.07. The fourth-order valence-electron chi connectivity index (χ4n) is 2.55. The van der Waals surface area contributed by atoms with Gasteiger partial charge in [-0.1, -0.05) is 6.92 Å². The Morgan fingerprint density at radius 1 is 1.50 bits per heavy atom. The van der Waals surface area contributed by atoms with Crippen LogP contribution in [-0.4, -0.2) is 34.8 Å². The molecule has 0 aromatic carbocycles. The first-order valence-corrected chi connectivity index (χ1v) is 7.07. The van der Waals surface area contributed by atoms with E-state index in [1.54, 1.807) is 0 Å². The molecule has 18 heavy (non-hydrogen) atoms. The summed E-state index contributed by atoms with van der Waals surface area (Å²) in [5, 5.41) is 3.58. The smallest absolute Gasteiger partial charge is 0.110 e. The van der Waals surface area contributed by atoms with Crippen LogP contribution in [0.3, 0.4) is 0 Å². The van der Waals surface area contributed by atoms with Crippen molar-refractivity contribution < 1.29 is 4.74 Å². The fourth-order valence-corrected chi connectivity index (χ4v) is 2.55. The summed E-state index contributed by atoms with van der Waals surface area (Å²) >= 11 is 0. The van der Waals surface area contributed by atoms with Gasteiger partial charge >= 0.3 is 0 Å². The Balaban J connectivity index is 2.03. The molecular weight excluding hydrogens is 226 g/mol. The lowest BCUT2D eigenvalue weighted by molar-refractivity contribution is 0.0190. The summed E-state index contributed by atoms with van der Waals surface area (Å²) in [7, 11) is 2.05. The number of nitrogens with one attached hydrogen (secondary N) is 1. The van der Waals surface area contributed by atoms with Crippen LogP contribution in [-0.2, 0) is 18.2 Å². The molecule has 0 radical (unpaired) electrons. The van der Waals surface area contributed by atoms with Gasteiger partial charge in [-0.2, -0.15) is 0 Å². The van der Waals surface area contributed by atoms with E-state index in [1.807, 2.05) is 12.4 Å². The highest BCUT2D eigenvalue weighted by atomic mass is 16.5. The summed E-state index contributed by atoms with van der Waals surface area (Å²) in [6, 6.07) is 0.378. The molecule has 1 aliphatic rings. The molecule has 0 aliphatic heterocycles. The molecule has 0 amide bonds. The van der Waals surface area contributed by atoms with Crippen molar-refractivity contribution in [3.63, 3.8) is 0 Å². The largest absolute Gasteiger partial charge is 0.377 e. The fraction of sp³-hybridized carbons (Fsp3) is 0.786. The molecule has 4 heteroatoms. The van der Waals surface area contributed by atoms with Crippen LogP contribution in [0.25, 0.3) is 0 Å². The van der Waals surface area contributed by atoms with Crippen LogP contribution < -0.4 is 5.32 Å². The van der Waals surface area contributed by atoms with Crippen LogP contribution in [0.4, 0.5) is 0 Å². The number of hydrogen-bond acceptors (Lipinski definition) is 3. The molecule has 1 fully saturated rings. The molecule has 4 nitrogen and oxygen atoms in total. The first kappa shape index (κ1) is 13.6. The lowest BCUT2D eigenvalue weighted by atomic mass is 10.0. The molecular formula is C14H25N3O. The van der Waals surface area contributed by atoms with Crippen molar-refractivity contribution in [1.82, 2.24) is 14.9 Å². The van der Waals surface area contributed by atoms with Crippen molar-refractivity contribution in [3.8, 4) is 0 Å². The quantitative estimate of drug-likeness (QED) is 0.765. The normalized spacial score (nSPS) is 18.8. The topological polar surface area (TPSA) is 39.1 Å². The molecule has 1 N–H and O–H groups in total. The van der Waals surface area contributed by atoms with Gasteiger partial charge in [0.15, 0.2) is 0 Å². The lowest BCUT2D eigenvalue weighted by Gasteiger charge is -2.27. The van der Waals surface area contributed by atoms with E-state index in [1.165, 1.54) is 12.8 Å². The number of aryl methyl sites for hydroxylation is 1. The van der Waals surface area contributed by atoms with Crippen molar-refractivity contribution in [2.45, 2.75) is 45.3 Å². The Hall–Kier alpha value is -0.870. The van der Waals surface area contributed by atoms with Crippen LogP contribution >= 0.6 is 0 Å². The molecule has 0 saturated heterocycles. The van der Waals surface area contributed by atoms with Gasteiger partial charge < -0.3 is 14.6 Å². The number of ether oxygens (including phenoxy) is 1. The van der Waals surface area contributed by atoms with Crippen molar-refractivity contribution >= 4 is 0 Å². The summed E-state index contributed by atoms with van der Waals surface area (Å²) in [4.78, 5) is 4.43. The molecule has 1 saturated carbocycles. The van der Waals surface area contributed by atoms with Crippen LogP contribution in [0.1, 0.15) is 32.5 Å². The van der Waals surface area contributed by atoms with E-state index in [4.69, 9.17) is 4.74 Å². The number of likely N-dealkylation sites (N-methyl/N-ethyl adjacent to an activating group) is 1. The van der Waals surface area contributed by atoms with Crippen LogP contribution in [0.5, 0.6) is 0 Å². The van der Waals surface area contributed by atoms with E-state index in [-0.39, 0.29) is 0 Å². The summed E-state index contributed by atoms with van der Waals surface area (Å²) < 4.78 is 8.07. The van der Waals surface area contributed by atoms with E-state index in [9.17, 15) is 0 Å². The number of rotatable bonds is 8. The van der Waals surface area contributed by atoms with Gasteiger partial charge in [0.2, 0.25) is 0 Å². The third-order valence-corrected chi connectivity index (χ3v) is 3.63. The van der Waals surface area contributed by atoms with Crippen LogP contribution in [0.2, 0.25) is 0 Å². The molecule has 0 spiro atoms. The second-order valence-electron chi connectivity index (χ2n) is 5.08. The van der Waals surface area contributed by atoms with E-state index in [0.717, 1.165) is 31.3 Å². The Labute approximate surface area is 110 Å². The van der Waals surface area contributed by atoms with E-state index >= 15 is 0 Å². The molecule has 2 rings (SSSR count). The molecule has 0 bridgehead atoms. The van der Waals surface area contributed by atoms with E-state index in [0.29, 0.717) is 12.1 Å². The second-order valence-corrected chi connectivity index (χ2v) is 5.08. The highest BCUT2D eigenvalue weighted by molar-refractivity contribution is 4.99. The zero-order valence-electron chi connectivity index (χ0n) is 11.7. The second kappa shape index (κ2) is 6.34. The molecule has 1 aromatic rings. The minimum absolute atomic E-state index is 0.339. The Morgan fingerprint density at radius 2 is 2.28 bits per heavy atom. The average Bonchev–Trinajstić information content (AvgIpc) is 3.11. The maximum atomic E-state index is 5.97. The van der Waals surface area contributed by atoms with Gasteiger partial charge in [0.25, 0.3) is 0 Å². The minimum atomic E-state index is 0.339. The first-order chi connectivity index (χ1) is 8.76. The SMILES string of the molecule is CCNC(Cc1nccn1C)C(OCC)C1CC1. The summed E-state index contributed by atoms with van der Waals surface area (Å²) in [6.45, 7) is 6.01. The van der Waals surface area contributed by atoms with Gasteiger partial charge in [0.05, 0.1) is 6.10 Å². The molecule has 2 atom stereocenters. The third kappa shape index (κ3) is 3.33. The maximum absolute atomic E-state index is 5.97. The van der Waals surface area contributed by atoms with Gasteiger partial charge in [0, 0.05) is 38.5 Å². The molecule has 1 aromatic heterocycles. The summed E-state index contributed by atoms with van der Waals surface area (Å²) in [5.41, 5.74) is 0. The predicted molar refractivity (Wildman–Crippen MR) is 72.5 cm³/mol.